The van der Waals surface area contributed by atoms with E-state index in [0.717, 1.165) is 18.8 Å². The smallest absolute Gasteiger partial charge is 0.123 e. The third-order valence-corrected chi connectivity index (χ3v) is 2.00. The van der Waals surface area contributed by atoms with Crippen molar-refractivity contribution in [1.82, 2.24) is 5.32 Å². The Labute approximate surface area is 79.9 Å². The number of benzene rings is 1. The van der Waals surface area contributed by atoms with Crippen LogP contribution in [0.15, 0.2) is 18.2 Å². The summed E-state index contributed by atoms with van der Waals surface area (Å²) in [4.78, 5) is 0. The van der Waals surface area contributed by atoms with Crippen molar-refractivity contribution in [2.24, 2.45) is 0 Å². The fraction of sp³-hybridized carbons (Fsp3) is 0.455. The first kappa shape index (κ1) is 10.1. The van der Waals surface area contributed by atoms with Gasteiger partial charge in [0.15, 0.2) is 0 Å². The number of nitrogens with one attached hydrogen (secondary N) is 1. The van der Waals surface area contributed by atoms with E-state index in [2.05, 4.69) is 31.3 Å². The Balaban J connectivity index is 2.81. The first-order chi connectivity index (χ1) is 6.27. The van der Waals surface area contributed by atoms with E-state index < -0.39 is 0 Å². The Kier molecular flexibility index (Phi) is 3.77. The molecule has 0 aliphatic carbocycles. The van der Waals surface area contributed by atoms with Crippen LogP contribution in [0, 0.1) is 6.92 Å². The highest BCUT2D eigenvalue weighted by molar-refractivity contribution is 5.36. The minimum atomic E-state index is 0.876. The van der Waals surface area contributed by atoms with Gasteiger partial charge in [0.2, 0.25) is 0 Å². The second-order valence-electron chi connectivity index (χ2n) is 3.10. The first-order valence-electron chi connectivity index (χ1n) is 4.62. The van der Waals surface area contributed by atoms with E-state index in [4.69, 9.17) is 4.74 Å². The molecule has 0 unspecified atom stereocenters. The summed E-state index contributed by atoms with van der Waals surface area (Å²) in [6.45, 7) is 6.05. The van der Waals surface area contributed by atoms with Gasteiger partial charge in [-0.3, -0.25) is 0 Å². The maximum absolute atomic E-state index is 5.26. The van der Waals surface area contributed by atoms with E-state index in [-0.39, 0.29) is 0 Å². The molecule has 1 N–H and O–H groups in total. The van der Waals surface area contributed by atoms with E-state index in [1.54, 1.807) is 7.11 Å². The molecule has 0 radical (unpaired) electrons. The highest BCUT2D eigenvalue weighted by atomic mass is 16.5. The highest BCUT2D eigenvalue weighted by Crippen LogP contribution is 2.18. The third kappa shape index (κ3) is 2.74. The molecular formula is C11H17NO. The highest BCUT2D eigenvalue weighted by Gasteiger charge is 2.01. The van der Waals surface area contributed by atoms with E-state index in [1.807, 2.05) is 6.07 Å². The van der Waals surface area contributed by atoms with Gasteiger partial charge in [-0.05, 0) is 19.5 Å². The molecule has 0 saturated carbocycles. The van der Waals surface area contributed by atoms with Crippen LogP contribution in [0.25, 0.3) is 0 Å². The summed E-state index contributed by atoms with van der Waals surface area (Å²) in [5, 5.41) is 3.29. The van der Waals surface area contributed by atoms with Gasteiger partial charge in [-0.1, -0.05) is 24.6 Å². The van der Waals surface area contributed by atoms with Crippen molar-refractivity contribution in [3.8, 4) is 5.75 Å². The maximum atomic E-state index is 5.26. The minimum absolute atomic E-state index is 0.876. The zero-order chi connectivity index (χ0) is 9.68. The SMILES string of the molecule is CCNCc1cc(C)ccc1OC. The van der Waals surface area contributed by atoms with Crippen LogP contribution in [-0.4, -0.2) is 13.7 Å². The third-order valence-electron chi connectivity index (χ3n) is 2.00. The number of hydrogen-bond acceptors (Lipinski definition) is 2. The second-order valence-corrected chi connectivity index (χ2v) is 3.10. The lowest BCUT2D eigenvalue weighted by atomic mass is 10.1. The molecule has 0 atom stereocenters. The monoisotopic (exact) mass is 179 g/mol. The Bertz CT molecular complexity index is 271. The van der Waals surface area contributed by atoms with Crippen LogP contribution >= 0.6 is 0 Å². The molecule has 72 valence electrons. The molecule has 1 aromatic rings. The van der Waals surface area contributed by atoms with Crippen molar-refractivity contribution in [2.75, 3.05) is 13.7 Å². The quantitative estimate of drug-likeness (QED) is 0.764. The van der Waals surface area contributed by atoms with Crippen molar-refractivity contribution in [3.63, 3.8) is 0 Å². The van der Waals surface area contributed by atoms with Crippen molar-refractivity contribution in [1.29, 1.82) is 0 Å². The second kappa shape index (κ2) is 4.87. The Morgan fingerprint density at radius 1 is 1.38 bits per heavy atom. The first-order valence-corrected chi connectivity index (χ1v) is 4.62. The zero-order valence-corrected chi connectivity index (χ0v) is 8.55. The topological polar surface area (TPSA) is 21.3 Å². The van der Waals surface area contributed by atoms with Crippen molar-refractivity contribution in [2.45, 2.75) is 20.4 Å². The number of aryl methyl sites for hydroxylation is 1. The van der Waals surface area contributed by atoms with E-state index in [0.29, 0.717) is 0 Å². The normalized spacial score (nSPS) is 10.1. The lowest BCUT2D eigenvalue weighted by molar-refractivity contribution is 0.408. The van der Waals surface area contributed by atoms with Gasteiger partial charge in [-0.15, -0.1) is 0 Å². The minimum Gasteiger partial charge on any atom is -0.496 e. The molecule has 2 heteroatoms. The Morgan fingerprint density at radius 3 is 2.77 bits per heavy atom. The van der Waals surface area contributed by atoms with Crippen molar-refractivity contribution in [3.05, 3.63) is 29.3 Å². The Morgan fingerprint density at radius 2 is 2.15 bits per heavy atom. The molecule has 1 aromatic carbocycles. The molecule has 2 nitrogen and oxygen atoms in total. The summed E-state index contributed by atoms with van der Waals surface area (Å²) in [7, 11) is 1.71. The summed E-state index contributed by atoms with van der Waals surface area (Å²) < 4.78 is 5.26. The molecule has 0 bridgehead atoms. The molecule has 0 saturated heterocycles. The van der Waals surface area contributed by atoms with Crippen LogP contribution in [0.1, 0.15) is 18.1 Å². The van der Waals surface area contributed by atoms with Crippen LogP contribution < -0.4 is 10.1 Å². The van der Waals surface area contributed by atoms with Crippen LogP contribution in [0.3, 0.4) is 0 Å². The molecule has 1 rings (SSSR count). The number of ether oxygens (including phenoxy) is 1. The lowest BCUT2D eigenvalue weighted by Crippen LogP contribution is -2.12. The molecule has 0 aromatic heterocycles. The van der Waals surface area contributed by atoms with Crippen LogP contribution in [0.2, 0.25) is 0 Å². The fourth-order valence-electron chi connectivity index (χ4n) is 1.31. The maximum Gasteiger partial charge on any atom is 0.123 e. The molecule has 0 heterocycles. The molecule has 0 aliphatic rings. The largest absolute Gasteiger partial charge is 0.496 e. The van der Waals surface area contributed by atoms with Crippen LogP contribution in [0.4, 0.5) is 0 Å². The number of methoxy groups -OCH3 is 1. The Hall–Kier alpha value is -1.02. The number of rotatable bonds is 4. The van der Waals surface area contributed by atoms with Crippen LogP contribution in [0.5, 0.6) is 5.75 Å². The van der Waals surface area contributed by atoms with Crippen molar-refractivity contribution >= 4 is 0 Å². The summed E-state index contributed by atoms with van der Waals surface area (Å²) in [6, 6.07) is 6.23. The average Bonchev–Trinajstić information content (AvgIpc) is 2.15. The average molecular weight is 179 g/mol. The molecule has 0 aliphatic heterocycles. The predicted molar refractivity (Wildman–Crippen MR) is 55.1 cm³/mol. The molecule has 0 spiro atoms. The molecule has 0 amide bonds. The van der Waals surface area contributed by atoms with Crippen molar-refractivity contribution < 1.29 is 4.74 Å². The van der Waals surface area contributed by atoms with Gasteiger partial charge >= 0.3 is 0 Å². The summed E-state index contributed by atoms with van der Waals surface area (Å²) in [6.07, 6.45) is 0. The zero-order valence-electron chi connectivity index (χ0n) is 8.55. The molecule has 0 fully saturated rings. The molecular weight excluding hydrogens is 162 g/mol. The van der Waals surface area contributed by atoms with Gasteiger partial charge in [-0.25, -0.2) is 0 Å². The predicted octanol–water partition coefficient (Wildman–Crippen LogP) is 2.11. The van der Waals surface area contributed by atoms with E-state index in [9.17, 15) is 0 Å². The van der Waals surface area contributed by atoms with E-state index >= 15 is 0 Å². The summed E-state index contributed by atoms with van der Waals surface area (Å²) >= 11 is 0. The summed E-state index contributed by atoms with van der Waals surface area (Å²) in [5.41, 5.74) is 2.50. The van der Waals surface area contributed by atoms with Gasteiger partial charge in [0.25, 0.3) is 0 Å². The lowest BCUT2D eigenvalue weighted by Gasteiger charge is -2.09. The van der Waals surface area contributed by atoms with Crippen LogP contribution in [-0.2, 0) is 6.54 Å². The van der Waals surface area contributed by atoms with E-state index in [1.165, 1.54) is 11.1 Å². The van der Waals surface area contributed by atoms with Gasteiger partial charge in [0.05, 0.1) is 7.11 Å². The standard InChI is InChI=1S/C11H17NO/c1-4-12-8-10-7-9(2)5-6-11(10)13-3/h5-7,12H,4,8H2,1-3H3. The molecule has 13 heavy (non-hydrogen) atoms. The van der Waals surface area contributed by atoms with Gasteiger partial charge in [-0.2, -0.15) is 0 Å². The van der Waals surface area contributed by atoms with Gasteiger partial charge in [0, 0.05) is 12.1 Å². The van der Waals surface area contributed by atoms with Gasteiger partial charge in [0.1, 0.15) is 5.75 Å². The summed E-state index contributed by atoms with van der Waals surface area (Å²) in [5.74, 6) is 0.964. The number of hydrogen-bond donors (Lipinski definition) is 1. The fourth-order valence-corrected chi connectivity index (χ4v) is 1.31. The van der Waals surface area contributed by atoms with Gasteiger partial charge < -0.3 is 10.1 Å².